The molecule has 1 N–H and O–H groups in total. The number of thioether (sulfide) groups is 1. The number of phenols is 1. The number of phenolic OH excluding ortho intramolecular Hbond substituents is 1. The number of halogens is 1. The summed E-state index contributed by atoms with van der Waals surface area (Å²) in [4.78, 5) is 14.8. The molecule has 0 spiro atoms. The number of benzene rings is 2. The van der Waals surface area contributed by atoms with Crippen LogP contribution in [0.5, 0.6) is 17.2 Å². The quantitative estimate of drug-likeness (QED) is 0.300. The van der Waals surface area contributed by atoms with Crippen LogP contribution in [0.4, 0.5) is 4.39 Å². The first kappa shape index (κ1) is 23.1. The molecule has 1 aliphatic heterocycles. The number of ether oxygens (including phenoxy) is 2. The van der Waals surface area contributed by atoms with E-state index >= 15 is 0 Å². The highest BCUT2D eigenvalue weighted by atomic mass is 32.2. The second-order valence-electron chi connectivity index (χ2n) is 7.00. The number of nitrogens with zero attached hydrogens (tertiary/aromatic N) is 3. The number of carbonyl (C=O) groups is 1. The highest BCUT2D eigenvalue weighted by molar-refractivity contribution is 8.18. The molecule has 2 heterocycles. The van der Waals surface area contributed by atoms with E-state index in [1.165, 1.54) is 43.7 Å². The predicted octanol–water partition coefficient (Wildman–Crippen LogP) is 4.65. The van der Waals surface area contributed by atoms with E-state index < -0.39 is 5.82 Å². The van der Waals surface area contributed by atoms with Crippen LogP contribution < -0.4 is 9.47 Å². The van der Waals surface area contributed by atoms with Crippen LogP contribution in [0.15, 0.2) is 74.3 Å². The molecule has 1 saturated heterocycles. The summed E-state index contributed by atoms with van der Waals surface area (Å²) >= 11 is 1.08. The Labute approximate surface area is 199 Å². The maximum atomic E-state index is 14.1. The largest absolute Gasteiger partial charge is 0.502 e. The highest BCUT2D eigenvalue weighted by Crippen LogP contribution is 2.37. The van der Waals surface area contributed by atoms with E-state index in [0.717, 1.165) is 11.8 Å². The summed E-state index contributed by atoms with van der Waals surface area (Å²) in [5, 5.41) is 18.7. The van der Waals surface area contributed by atoms with Gasteiger partial charge >= 0.3 is 0 Å². The molecular weight excluding hydrogens is 461 g/mol. The van der Waals surface area contributed by atoms with Crippen LogP contribution in [0.1, 0.15) is 16.9 Å². The Hall–Kier alpha value is -4.05. The lowest BCUT2D eigenvalue weighted by Gasteiger charge is -2.12. The number of furan rings is 1. The minimum atomic E-state index is -0.431. The smallest absolute Gasteiger partial charge is 0.267 e. The number of rotatable bonds is 7. The fraction of sp³-hybridized carbons (Fsp3) is 0.125. The van der Waals surface area contributed by atoms with Crippen molar-refractivity contribution in [2.75, 3.05) is 14.2 Å². The minimum absolute atomic E-state index is 0.127. The van der Waals surface area contributed by atoms with E-state index in [1.54, 1.807) is 42.5 Å². The molecule has 3 aromatic rings. The number of amides is 1. The molecule has 0 saturated carbocycles. The molecule has 0 aliphatic carbocycles. The third-order valence-corrected chi connectivity index (χ3v) is 5.82. The van der Waals surface area contributed by atoms with Crippen LogP contribution in [0.25, 0.3) is 6.08 Å². The molecule has 0 bridgehead atoms. The number of aromatic hydroxyl groups is 1. The second-order valence-corrected chi connectivity index (χ2v) is 8.01. The van der Waals surface area contributed by atoms with Crippen LogP contribution in [0.3, 0.4) is 0 Å². The van der Waals surface area contributed by atoms with E-state index in [-0.39, 0.29) is 29.7 Å². The predicted molar refractivity (Wildman–Crippen MR) is 127 cm³/mol. The van der Waals surface area contributed by atoms with Crippen molar-refractivity contribution in [2.45, 2.75) is 6.54 Å². The lowest BCUT2D eigenvalue weighted by molar-refractivity contribution is -0.122. The normalized spacial score (nSPS) is 16.2. The van der Waals surface area contributed by atoms with Gasteiger partial charge in [0.2, 0.25) is 5.75 Å². The van der Waals surface area contributed by atoms with Crippen LogP contribution >= 0.6 is 11.8 Å². The van der Waals surface area contributed by atoms with Crippen molar-refractivity contribution in [3.63, 3.8) is 0 Å². The van der Waals surface area contributed by atoms with Gasteiger partial charge in [-0.15, -0.1) is 5.10 Å². The maximum Gasteiger partial charge on any atom is 0.267 e. The Balaban J connectivity index is 1.65. The molecule has 174 valence electrons. The first-order valence-electron chi connectivity index (χ1n) is 10.0. The van der Waals surface area contributed by atoms with Gasteiger partial charge in [-0.25, -0.2) is 4.39 Å². The number of hydrogen-bond acceptors (Lipinski definition) is 8. The molecule has 0 atom stereocenters. The molecule has 0 radical (unpaired) electrons. The number of methoxy groups -OCH3 is 2. The molecule has 10 heteroatoms. The average molecular weight is 482 g/mol. The van der Waals surface area contributed by atoms with Gasteiger partial charge in [0, 0.05) is 11.1 Å². The van der Waals surface area contributed by atoms with Crippen molar-refractivity contribution in [1.29, 1.82) is 0 Å². The van der Waals surface area contributed by atoms with E-state index in [0.29, 0.717) is 27.0 Å². The maximum absolute atomic E-state index is 14.1. The van der Waals surface area contributed by atoms with Crippen LogP contribution in [-0.2, 0) is 11.3 Å². The Morgan fingerprint density at radius 3 is 2.53 bits per heavy atom. The highest BCUT2D eigenvalue weighted by Gasteiger charge is 2.34. The van der Waals surface area contributed by atoms with Crippen molar-refractivity contribution < 1.29 is 28.2 Å². The Morgan fingerprint density at radius 2 is 1.88 bits per heavy atom. The molecule has 1 amide bonds. The average Bonchev–Trinajstić information content (AvgIpc) is 3.45. The van der Waals surface area contributed by atoms with E-state index in [1.807, 2.05) is 0 Å². The van der Waals surface area contributed by atoms with Crippen LogP contribution in [0.2, 0.25) is 0 Å². The third-order valence-electron chi connectivity index (χ3n) is 4.83. The Kier molecular flexibility index (Phi) is 6.98. The summed E-state index contributed by atoms with van der Waals surface area (Å²) in [7, 11) is 2.85. The molecule has 8 nitrogen and oxygen atoms in total. The summed E-state index contributed by atoms with van der Waals surface area (Å²) in [5.74, 6) is 0.0942. The number of hydrogen-bond donors (Lipinski definition) is 1. The topological polar surface area (TPSA) is 96.9 Å². The number of carbonyl (C=O) groups excluding carboxylic acids is 1. The van der Waals surface area contributed by atoms with Crippen molar-refractivity contribution in [3.8, 4) is 17.2 Å². The summed E-state index contributed by atoms with van der Waals surface area (Å²) in [5.41, 5.74) is 0.856. The zero-order valence-corrected chi connectivity index (χ0v) is 19.1. The van der Waals surface area contributed by atoms with Gasteiger partial charge in [0.25, 0.3) is 5.91 Å². The molecule has 34 heavy (non-hydrogen) atoms. The van der Waals surface area contributed by atoms with Crippen molar-refractivity contribution in [1.82, 2.24) is 4.90 Å². The molecule has 4 rings (SSSR count). The second kappa shape index (κ2) is 10.3. The van der Waals surface area contributed by atoms with Gasteiger partial charge in [-0.1, -0.05) is 18.2 Å². The molecular formula is C24H20FN3O5S. The molecule has 1 fully saturated rings. The Bertz CT molecular complexity index is 1260. The van der Waals surface area contributed by atoms with Gasteiger partial charge in [-0.3, -0.25) is 9.69 Å². The van der Waals surface area contributed by atoms with Crippen LogP contribution in [-0.4, -0.2) is 41.5 Å². The van der Waals surface area contributed by atoms with E-state index in [4.69, 9.17) is 13.9 Å². The fourth-order valence-corrected chi connectivity index (χ4v) is 4.07. The van der Waals surface area contributed by atoms with Gasteiger partial charge in [0.1, 0.15) is 11.6 Å². The lowest BCUT2D eigenvalue weighted by Crippen LogP contribution is -2.28. The van der Waals surface area contributed by atoms with Crippen molar-refractivity contribution in [2.24, 2.45) is 10.2 Å². The lowest BCUT2D eigenvalue weighted by atomic mass is 10.2. The van der Waals surface area contributed by atoms with Gasteiger partial charge in [0.05, 0.1) is 38.1 Å². The van der Waals surface area contributed by atoms with E-state index in [2.05, 4.69) is 10.2 Å². The first-order valence-corrected chi connectivity index (χ1v) is 10.9. The molecule has 0 unspecified atom stereocenters. The van der Waals surface area contributed by atoms with Crippen LogP contribution in [0, 0.1) is 5.82 Å². The van der Waals surface area contributed by atoms with E-state index in [9.17, 15) is 14.3 Å². The molecule has 2 aromatic carbocycles. The summed E-state index contributed by atoms with van der Waals surface area (Å²) in [6.45, 7) is 0.142. The molecule has 1 aromatic heterocycles. The number of amidine groups is 1. The standard InChI is InChI=1S/C24H20FN3O5S/c1-31-19-10-15(11-20(32-2)22(19)29)13-26-27-24-28(14-17-7-5-9-33-17)23(30)21(34-24)12-16-6-3-4-8-18(16)25/h3-13,29H,14H2,1-2H3/b21-12-,26-13-,27-24+. The zero-order chi connectivity index (χ0) is 24.1. The SMILES string of the molecule is COc1cc(/C=N\N=C2\S/C(=C\c3ccccc3F)C(=O)N2Cc2ccco2)cc(OC)c1O. The zero-order valence-electron chi connectivity index (χ0n) is 18.3. The summed E-state index contributed by atoms with van der Waals surface area (Å²) in [6.07, 6.45) is 4.44. The van der Waals surface area contributed by atoms with Gasteiger partial charge in [-0.2, -0.15) is 5.10 Å². The Morgan fingerprint density at radius 1 is 1.15 bits per heavy atom. The van der Waals surface area contributed by atoms with Crippen molar-refractivity contribution in [3.05, 3.63) is 82.4 Å². The van der Waals surface area contributed by atoms with Gasteiger partial charge in [0.15, 0.2) is 16.7 Å². The fourth-order valence-electron chi connectivity index (χ4n) is 3.15. The summed E-state index contributed by atoms with van der Waals surface area (Å²) in [6, 6.07) is 12.8. The third kappa shape index (κ3) is 4.96. The van der Waals surface area contributed by atoms with Gasteiger partial charge < -0.3 is 19.0 Å². The first-order chi connectivity index (χ1) is 16.5. The van der Waals surface area contributed by atoms with Crippen molar-refractivity contribution >= 4 is 35.1 Å². The van der Waals surface area contributed by atoms with Gasteiger partial charge in [-0.05, 0) is 48.2 Å². The molecule has 1 aliphatic rings. The minimum Gasteiger partial charge on any atom is -0.502 e. The monoisotopic (exact) mass is 481 g/mol. The summed E-state index contributed by atoms with van der Waals surface area (Å²) < 4.78 is 29.8.